The largest absolute Gasteiger partial charge is 0.493 e. The van der Waals surface area contributed by atoms with Crippen LogP contribution in [0.4, 0.5) is 0 Å². The number of carbonyl (C=O) groups excluding carboxylic acids is 2. The summed E-state index contributed by atoms with van der Waals surface area (Å²) in [6.07, 6.45) is 2.91. The maximum atomic E-state index is 12.1. The molecule has 6 nitrogen and oxygen atoms in total. The normalized spacial score (nSPS) is 10.9. The molecule has 0 atom stereocenters. The highest BCUT2D eigenvalue weighted by Crippen LogP contribution is 2.29. The van der Waals surface area contributed by atoms with Crippen molar-refractivity contribution >= 4 is 29.3 Å². The first-order chi connectivity index (χ1) is 13.4. The molecule has 0 N–H and O–H groups in total. The van der Waals surface area contributed by atoms with Crippen molar-refractivity contribution in [1.29, 1.82) is 0 Å². The van der Waals surface area contributed by atoms with Gasteiger partial charge in [0, 0.05) is 19.7 Å². The number of hydrogen-bond acceptors (Lipinski definition) is 6. The van der Waals surface area contributed by atoms with Gasteiger partial charge in [0.15, 0.2) is 18.1 Å². The fraction of sp³-hybridized carbons (Fsp3) is 0.333. The van der Waals surface area contributed by atoms with Crippen LogP contribution in [0.5, 0.6) is 11.5 Å². The average molecular weight is 404 g/mol. The van der Waals surface area contributed by atoms with Gasteiger partial charge in [-0.25, -0.2) is 4.79 Å². The number of methoxy groups -OCH3 is 1. The van der Waals surface area contributed by atoms with E-state index in [-0.39, 0.29) is 18.6 Å². The number of hydrogen-bond donors (Lipinski definition) is 0. The molecule has 0 aliphatic rings. The fourth-order valence-electron chi connectivity index (χ4n) is 2.34. The number of likely N-dealkylation sites (N-methyl/N-ethyl adjacent to an activating group) is 1. The Labute approximate surface area is 169 Å². The molecule has 0 fully saturated rings. The molecule has 2 rings (SSSR count). The molecule has 7 heteroatoms. The summed E-state index contributed by atoms with van der Waals surface area (Å²) in [7, 11) is 3.24. The molecule has 1 amide bonds. The number of benzene rings is 1. The molecule has 150 valence electrons. The number of carbonyl (C=O) groups is 2. The number of ether oxygens (including phenoxy) is 3. The third-order valence-corrected chi connectivity index (χ3v) is 4.46. The van der Waals surface area contributed by atoms with Gasteiger partial charge in [-0.1, -0.05) is 6.07 Å². The van der Waals surface area contributed by atoms with Crippen LogP contribution < -0.4 is 9.47 Å². The Hall–Kier alpha value is -2.80. The highest BCUT2D eigenvalue weighted by Gasteiger charge is 2.12. The fourth-order valence-corrected chi connectivity index (χ4v) is 3.00. The van der Waals surface area contributed by atoms with Crippen molar-refractivity contribution in [3.63, 3.8) is 0 Å². The van der Waals surface area contributed by atoms with E-state index in [0.29, 0.717) is 18.0 Å². The van der Waals surface area contributed by atoms with Crippen molar-refractivity contribution in [2.75, 3.05) is 20.8 Å². The first-order valence-electron chi connectivity index (χ1n) is 8.83. The summed E-state index contributed by atoms with van der Waals surface area (Å²) in [6, 6.07) is 7.31. The molecular formula is C21H25NO5S. The summed E-state index contributed by atoms with van der Waals surface area (Å²) in [5.41, 5.74) is 1.80. The van der Waals surface area contributed by atoms with E-state index in [9.17, 15) is 9.59 Å². The van der Waals surface area contributed by atoms with Crippen LogP contribution in [0.15, 0.2) is 41.1 Å². The molecule has 1 aromatic carbocycles. The highest BCUT2D eigenvalue weighted by atomic mass is 32.1. The van der Waals surface area contributed by atoms with Crippen LogP contribution in [0.1, 0.15) is 25.0 Å². The minimum Gasteiger partial charge on any atom is -0.493 e. The lowest BCUT2D eigenvalue weighted by Gasteiger charge is -2.16. The lowest BCUT2D eigenvalue weighted by molar-refractivity contribution is -0.147. The molecule has 0 radical (unpaired) electrons. The van der Waals surface area contributed by atoms with Gasteiger partial charge in [0.1, 0.15) is 0 Å². The second kappa shape index (κ2) is 10.5. The number of thiophene rings is 1. The van der Waals surface area contributed by atoms with Crippen LogP contribution >= 0.6 is 11.3 Å². The number of esters is 1. The topological polar surface area (TPSA) is 65.1 Å². The van der Waals surface area contributed by atoms with Gasteiger partial charge < -0.3 is 19.1 Å². The van der Waals surface area contributed by atoms with E-state index in [1.807, 2.05) is 36.7 Å². The van der Waals surface area contributed by atoms with Gasteiger partial charge in [-0.15, -0.1) is 0 Å². The summed E-state index contributed by atoms with van der Waals surface area (Å²) in [4.78, 5) is 25.5. The van der Waals surface area contributed by atoms with Crippen LogP contribution in [-0.4, -0.2) is 43.6 Å². The number of amides is 1. The van der Waals surface area contributed by atoms with E-state index in [2.05, 4.69) is 0 Å². The average Bonchev–Trinajstić information content (AvgIpc) is 3.17. The van der Waals surface area contributed by atoms with Crippen molar-refractivity contribution < 1.29 is 23.8 Å². The molecule has 2 aromatic rings. The van der Waals surface area contributed by atoms with Crippen molar-refractivity contribution in [3.05, 3.63) is 52.2 Å². The quantitative estimate of drug-likeness (QED) is 0.471. The Bertz CT molecular complexity index is 814. The Morgan fingerprint density at radius 2 is 2.00 bits per heavy atom. The molecule has 1 heterocycles. The number of nitrogens with zero attached hydrogens (tertiary/aromatic N) is 1. The van der Waals surface area contributed by atoms with Gasteiger partial charge in [0.2, 0.25) is 0 Å². The molecule has 0 aliphatic heterocycles. The summed E-state index contributed by atoms with van der Waals surface area (Å²) >= 11 is 1.57. The Balaban J connectivity index is 1.86. The second-order valence-corrected chi connectivity index (χ2v) is 7.18. The standard InChI is InChI=1S/C21H25NO5S/c1-15(2)27-18-7-5-16(11-19(18)25-4)6-8-21(24)26-13-20(23)22(3)12-17-9-10-28-14-17/h5-11,14-15H,12-13H2,1-4H3/b8-6+. The molecule has 28 heavy (non-hydrogen) atoms. The third-order valence-electron chi connectivity index (χ3n) is 3.73. The summed E-state index contributed by atoms with van der Waals surface area (Å²) in [5, 5.41) is 3.93. The van der Waals surface area contributed by atoms with Gasteiger partial charge in [0.25, 0.3) is 5.91 Å². The van der Waals surface area contributed by atoms with Gasteiger partial charge in [-0.2, -0.15) is 11.3 Å². The van der Waals surface area contributed by atoms with Crippen LogP contribution in [0.3, 0.4) is 0 Å². The predicted molar refractivity (Wildman–Crippen MR) is 110 cm³/mol. The molecule has 0 saturated heterocycles. The van der Waals surface area contributed by atoms with Crippen molar-refractivity contribution in [2.45, 2.75) is 26.5 Å². The lowest BCUT2D eigenvalue weighted by atomic mass is 10.2. The van der Waals surface area contributed by atoms with Crippen LogP contribution in [-0.2, 0) is 20.9 Å². The molecule has 0 bridgehead atoms. The Morgan fingerprint density at radius 1 is 1.21 bits per heavy atom. The van der Waals surface area contributed by atoms with E-state index in [1.54, 1.807) is 43.7 Å². The van der Waals surface area contributed by atoms with Gasteiger partial charge in [-0.3, -0.25) is 4.79 Å². The zero-order valence-electron chi connectivity index (χ0n) is 16.5. The minimum absolute atomic E-state index is 0.0284. The monoisotopic (exact) mass is 403 g/mol. The van der Waals surface area contributed by atoms with E-state index in [0.717, 1.165) is 11.1 Å². The second-order valence-electron chi connectivity index (χ2n) is 6.40. The smallest absolute Gasteiger partial charge is 0.331 e. The van der Waals surface area contributed by atoms with Crippen molar-refractivity contribution in [1.82, 2.24) is 4.90 Å². The molecule has 0 unspecified atom stereocenters. The van der Waals surface area contributed by atoms with E-state index < -0.39 is 5.97 Å². The zero-order chi connectivity index (χ0) is 20.5. The summed E-state index contributed by atoms with van der Waals surface area (Å²) < 4.78 is 16.0. The minimum atomic E-state index is -0.584. The van der Waals surface area contributed by atoms with E-state index in [4.69, 9.17) is 14.2 Å². The Kier molecular flexibility index (Phi) is 8.07. The number of rotatable bonds is 9. The summed E-state index contributed by atoms with van der Waals surface area (Å²) in [5.74, 6) is 0.370. The molecule has 1 aromatic heterocycles. The zero-order valence-corrected chi connectivity index (χ0v) is 17.3. The molecule has 0 aliphatic carbocycles. The highest BCUT2D eigenvalue weighted by molar-refractivity contribution is 7.07. The molecular weight excluding hydrogens is 378 g/mol. The first kappa shape index (κ1) is 21.5. The van der Waals surface area contributed by atoms with Crippen LogP contribution in [0.25, 0.3) is 6.08 Å². The Morgan fingerprint density at radius 3 is 2.64 bits per heavy atom. The first-order valence-corrected chi connectivity index (χ1v) is 9.78. The maximum Gasteiger partial charge on any atom is 0.331 e. The van der Waals surface area contributed by atoms with Gasteiger partial charge >= 0.3 is 5.97 Å². The summed E-state index contributed by atoms with van der Waals surface area (Å²) in [6.45, 7) is 4.05. The molecule has 0 spiro atoms. The van der Waals surface area contributed by atoms with Crippen molar-refractivity contribution in [3.8, 4) is 11.5 Å². The predicted octanol–water partition coefficient (Wildman–Crippen LogP) is 3.76. The van der Waals surface area contributed by atoms with Gasteiger partial charge in [-0.05, 0) is 60.0 Å². The lowest BCUT2D eigenvalue weighted by Crippen LogP contribution is -2.30. The third kappa shape index (κ3) is 6.74. The molecule has 0 saturated carbocycles. The van der Waals surface area contributed by atoms with E-state index >= 15 is 0 Å². The van der Waals surface area contributed by atoms with E-state index in [1.165, 1.54) is 11.0 Å². The maximum absolute atomic E-state index is 12.1. The van der Waals surface area contributed by atoms with Crippen LogP contribution in [0, 0.1) is 0 Å². The SMILES string of the molecule is COc1cc(/C=C/C(=O)OCC(=O)N(C)Cc2ccsc2)ccc1OC(C)C. The van der Waals surface area contributed by atoms with Gasteiger partial charge in [0.05, 0.1) is 13.2 Å². The van der Waals surface area contributed by atoms with Crippen molar-refractivity contribution in [2.24, 2.45) is 0 Å². The van der Waals surface area contributed by atoms with Crippen LogP contribution in [0.2, 0.25) is 0 Å².